The topological polar surface area (TPSA) is 32.3 Å². The monoisotopic (exact) mass is 163 g/mol. The van der Waals surface area contributed by atoms with Crippen molar-refractivity contribution in [1.82, 2.24) is 5.32 Å². The van der Waals surface area contributed by atoms with Gasteiger partial charge in [0.05, 0.1) is 0 Å². The summed E-state index contributed by atoms with van der Waals surface area (Å²) in [6.45, 7) is 2.69. The molecule has 1 saturated carbocycles. The van der Waals surface area contributed by atoms with Crippen LogP contribution < -0.4 is 5.32 Å². The van der Waals surface area contributed by atoms with Crippen LogP contribution in [0.1, 0.15) is 6.42 Å². The predicted molar refractivity (Wildman–Crippen MR) is 42.3 cm³/mol. The number of halogens is 1. The molecule has 10 heavy (non-hydrogen) atoms. The van der Waals surface area contributed by atoms with Crippen LogP contribution in [-0.2, 0) is 0 Å². The smallest absolute Gasteiger partial charge is 0.0465 e. The lowest BCUT2D eigenvalue weighted by Gasteiger charge is -2.49. The van der Waals surface area contributed by atoms with Crippen molar-refractivity contribution in [3.63, 3.8) is 0 Å². The van der Waals surface area contributed by atoms with E-state index in [4.69, 9.17) is 5.11 Å². The minimum atomic E-state index is 0. The Morgan fingerprint density at radius 1 is 1.30 bits per heavy atom. The Morgan fingerprint density at radius 3 is 2.20 bits per heavy atom. The van der Waals surface area contributed by atoms with Crippen molar-refractivity contribution in [3.8, 4) is 0 Å². The molecule has 0 spiro atoms. The summed E-state index contributed by atoms with van der Waals surface area (Å²) in [4.78, 5) is 0. The van der Waals surface area contributed by atoms with Gasteiger partial charge in [0.1, 0.15) is 0 Å². The second-order valence-corrected chi connectivity index (χ2v) is 3.26. The van der Waals surface area contributed by atoms with Crippen LogP contribution in [-0.4, -0.2) is 24.8 Å². The molecule has 2 unspecified atom stereocenters. The Kier molecular flexibility index (Phi) is 2.55. The first-order valence-corrected chi connectivity index (χ1v) is 3.73. The molecule has 60 valence electrons. The van der Waals surface area contributed by atoms with Gasteiger partial charge in [0, 0.05) is 6.61 Å². The summed E-state index contributed by atoms with van der Waals surface area (Å²) in [5.41, 5.74) is 0. The zero-order chi connectivity index (χ0) is 6.27. The molecule has 3 rings (SSSR count). The van der Waals surface area contributed by atoms with Crippen molar-refractivity contribution < 1.29 is 5.11 Å². The molecule has 3 heteroatoms. The fourth-order valence-corrected chi connectivity index (χ4v) is 2.15. The highest BCUT2D eigenvalue weighted by atomic mass is 35.5. The third kappa shape index (κ3) is 1.04. The summed E-state index contributed by atoms with van der Waals surface area (Å²) in [6, 6.07) is 0. The van der Waals surface area contributed by atoms with Gasteiger partial charge in [-0.05, 0) is 37.3 Å². The summed E-state index contributed by atoms with van der Waals surface area (Å²) in [6.07, 6.45) is 1.36. The molecule has 2 heterocycles. The number of fused-ring (bicyclic) bond motifs is 2. The minimum absolute atomic E-state index is 0. The Hall–Kier alpha value is 0.210. The van der Waals surface area contributed by atoms with Gasteiger partial charge in [0.2, 0.25) is 0 Å². The Labute approximate surface area is 67.4 Å². The Morgan fingerprint density at radius 2 is 1.90 bits per heavy atom. The number of rotatable bonds is 1. The maximum absolute atomic E-state index is 8.86. The lowest BCUT2D eigenvalue weighted by molar-refractivity contribution is -0.00974. The number of hydrogen-bond donors (Lipinski definition) is 2. The van der Waals surface area contributed by atoms with E-state index in [0.717, 1.165) is 24.9 Å². The Bertz CT molecular complexity index is 106. The van der Waals surface area contributed by atoms with Gasteiger partial charge in [0.15, 0.2) is 0 Å². The summed E-state index contributed by atoms with van der Waals surface area (Å²) >= 11 is 0. The second-order valence-electron chi connectivity index (χ2n) is 3.26. The molecular formula is C7H14ClNO. The molecule has 2 bridgehead atoms. The molecule has 3 fully saturated rings. The van der Waals surface area contributed by atoms with Crippen LogP contribution in [0, 0.1) is 17.8 Å². The van der Waals surface area contributed by atoms with Gasteiger partial charge in [-0.1, -0.05) is 0 Å². The molecule has 0 amide bonds. The van der Waals surface area contributed by atoms with E-state index < -0.39 is 0 Å². The molecule has 0 aromatic heterocycles. The minimum Gasteiger partial charge on any atom is -0.396 e. The first-order chi connectivity index (χ1) is 4.42. The molecule has 2 aliphatic heterocycles. The van der Waals surface area contributed by atoms with Gasteiger partial charge >= 0.3 is 0 Å². The highest BCUT2D eigenvalue weighted by Gasteiger charge is 2.42. The lowest BCUT2D eigenvalue weighted by Crippen LogP contribution is -2.54. The number of aliphatic hydroxyl groups excluding tert-OH is 1. The van der Waals surface area contributed by atoms with E-state index in [-0.39, 0.29) is 12.4 Å². The Balaban J connectivity index is 0.000000500. The quantitative estimate of drug-likeness (QED) is 0.581. The zero-order valence-corrected chi connectivity index (χ0v) is 6.73. The van der Waals surface area contributed by atoms with Crippen molar-refractivity contribution in [1.29, 1.82) is 0 Å². The van der Waals surface area contributed by atoms with Crippen LogP contribution in [0.4, 0.5) is 0 Å². The van der Waals surface area contributed by atoms with E-state index in [1.807, 2.05) is 0 Å². The van der Waals surface area contributed by atoms with Gasteiger partial charge in [-0.15, -0.1) is 12.4 Å². The standard InChI is InChI=1S/C7H13NO.ClH/c9-4-7-5-1-6(7)3-8-2-5;/h5-9H,1-4H2;1H. The number of nitrogens with one attached hydrogen (secondary N) is 1. The van der Waals surface area contributed by atoms with Gasteiger partial charge in [-0.2, -0.15) is 0 Å². The number of piperidine rings is 2. The predicted octanol–water partition coefficient (Wildman–Crippen LogP) is 0.256. The van der Waals surface area contributed by atoms with Gasteiger partial charge in [-0.25, -0.2) is 0 Å². The fourth-order valence-electron chi connectivity index (χ4n) is 2.15. The molecule has 0 aromatic carbocycles. The zero-order valence-electron chi connectivity index (χ0n) is 5.92. The van der Waals surface area contributed by atoms with Crippen molar-refractivity contribution in [2.75, 3.05) is 19.7 Å². The molecule has 2 atom stereocenters. The number of hydrogen-bond acceptors (Lipinski definition) is 2. The van der Waals surface area contributed by atoms with E-state index in [9.17, 15) is 0 Å². The first kappa shape index (κ1) is 8.31. The van der Waals surface area contributed by atoms with Crippen LogP contribution in [0.2, 0.25) is 0 Å². The maximum atomic E-state index is 8.86. The normalized spacial score (nSPS) is 43.5. The summed E-state index contributed by atoms with van der Waals surface area (Å²) in [5, 5.41) is 12.2. The largest absolute Gasteiger partial charge is 0.396 e. The van der Waals surface area contributed by atoms with Gasteiger partial charge in [0.25, 0.3) is 0 Å². The molecule has 1 aliphatic carbocycles. The van der Waals surface area contributed by atoms with E-state index >= 15 is 0 Å². The fraction of sp³-hybridized carbons (Fsp3) is 1.00. The molecule has 2 saturated heterocycles. The number of aliphatic hydroxyl groups is 1. The average molecular weight is 164 g/mol. The van der Waals surface area contributed by atoms with Crippen molar-refractivity contribution in [2.45, 2.75) is 6.42 Å². The van der Waals surface area contributed by atoms with E-state index in [0.29, 0.717) is 12.5 Å². The van der Waals surface area contributed by atoms with E-state index in [2.05, 4.69) is 5.32 Å². The average Bonchev–Trinajstić information content (AvgIpc) is 1.90. The molecule has 2 N–H and O–H groups in total. The van der Waals surface area contributed by atoms with Crippen LogP contribution in [0.5, 0.6) is 0 Å². The van der Waals surface area contributed by atoms with Crippen molar-refractivity contribution in [2.24, 2.45) is 17.8 Å². The molecule has 3 aliphatic rings. The summed E-state index contributed by atoms with van der Waals surface area (Å²) in [5.74, 6) is 2.24. The summed E-state index contributed by atoms with van der Waals surface area (Å²) < 4.78 is 0. The molecule has 2 nitrogen and oxygen atoms in total. The van der Waals surface area contributed by atoms with Crippen LogP contribution >= 0.6 is 12.4 Å². The second kappa shape index (κ2) is 3.07. The van der Waals surface area contributed by atoms with Crippen molar-refractivity contribution in [3.05, 3.63) is 0 Å². The molecular weight excluding hydrogens is 150 g/mol. The highest BCUT2D eigenvalue weighted by molar-refractivity contribution is 5.85. The third-order valence-corrected chi connectivity index (χ3v) is 2.84. The van der Waals surface area contributed by atoms with Crippen LogP contribution in [0.15, 0.2) is 0 Å². The third-order valence-electron chi connectivity index (χ3n) is 2.84. The van der Waals surface area contributed by atoms with Crippen molar-refractivity contribution >= 4 is 12.4 Å². The summed E-state index contributed by atoms with van der Waals surface area (Å²) in [7, 11) is 0. The van der Waals surface area contributed by atoms with E-state index in [1.54, 1.807) is 0 Å². The molecule has 0 radical (unpaired) electrons. The van der Waals surface area contributed by atoms with Gasteiger partial charge in [-0.3, -0.25) is 0 Å². The lowest BCUT2D eigenvalue weighted by atomic mass is 9.63. The van der Waals surface area contributed by atoms with E-state index in [1.165, 1.54) is 6.42 Å². The highest BCUT2D eigenvalue weighted by Crippen LogP contribution is 2.41. The van der Waals surface area contributed by atoms with Crippen LogP contribution in [0.25, 0.3) is 0 Å². The SMILES string of the molecule is Cl.OCC1C2CNCC1C2. The van der Waals surface area contributed by atoms with Crippen LogP contribution in [0.3, 0.4) is 0 Å². The van der Waals surface area contributed by atoms with Gasteiger partial charge < -0.3 is 10.4 Å². The maximum Gasteiger partial charge on any atom is 0.0465 e. The first-order valence-electron chi connectivity index (χ1n) is 3.73. The molecule has 0 aromatic rings.